The number of rotatable bonds is 4. The number of alkyl halides is 1. The van der Waals surface area contributed by atoms with E-state index in [-0.39, 0.29) is 5.91 Å². The highest BCUT2D eigenvalue weighted by atomic mass is 79.9. The number of carbonyl (C=O) groups excluding carboxylic acids is 1. The molecule has 0 radical (unpaired) electrons. The molecule has 0 saturated carbocycles. The van der Waals surface area contributed by atoms with Crippen molar-refractivity contribution in [2.75, 3.05) is 0 Å². The third kappa shape index (κ3) is 3.12. The number of furan rings is 1. The molecule has 0 aliphatic heterocycles. The van der Waals surface area contributed by atoms with Crippen LogP contribution in [0.3, 0.4) is 0 Å². The van der Waals surface area contributed by atoms with Crippen molar-refractivity contribution in [2.24, 2.45) is 0 Å². The molecule has 0 aliphatic carbocycles. The van der Waals surface area contributed by atoms with Crippen LogP contribution >= 0.6 is 15.9 Å². The molecule has 20 heavy (non-hydrogen) atoms. The van der Waals surface area contributed by atoms with E-state index < -0.39 is 0 Å². The number of aryl methyl sites for hydroxylation is 2. The summed E-state index contributed by atoms with van der Waals surface area (Å²) < 4.78 is 5.48. The summed E-state index contributed by atoms with van der Waals surface area (Å²) in [4.78, 5) is 12.2. The summed E-state index contributed by atoms with van der Waals surface area (Å²) in [6, 6.07) is 8.15. The van der Waals surface area contributed by atoms with Crippen LogP contribution in [0.2, 0.25) is 0 Å². The summed E-state index contributed by atoms with van der Waals surface area (Å²) in [5.74, 6) is 1.39. The largest absolute Gasteiger partial charge is 0.466 e. The van der Waals surface area contributed by atoms with Crippen molar-refractivity contribution in [3.63, 3.8) is 0 Å². The van der Waals surface area contributed by atoms with Gasteiger partial charge in [0.05, 0.1) is 5.56 Å². The monoisotopic (exact) mass is 335 g/mol. The number of amides is 1. The maximum absolute atomic E-state index is 12.2. The predicted molar refractivity (Wildman–Crippen MR) is 83.2 cm³/mol. The minimum atomic E-state index is -0.0820. The summed E-state index contributed by atoms with van der Waals surface area (Å²) in [6.45, 7) is 6.12. The van der Waals surface area contributed by atoms with E-state index in [9.17, 15) is 4.79 Å². The van der Waals surface area contributed by atoms with Gasteiger partial charge in [0.25, 0.3) is 5.91 Å². The van der Waals surface area contributed by atoms with Crippen LogP contribution in [0.15, 0.2) is 28.7 Å². The molecule has 1 heterocycles. The Balaban J connectivity index is 2.04. The molecule has 0 atom stereocenters. The lowest BCUT2D eigenvalue weighted by molar-refractivity contribution is 0.0949. The average molecular weight is 336 g/mol. The number of nitrogens with one attached hydrogen (secondary N) is 1. The van der Waals surface area contributed by atoms with Crippen LogP contribution in [0.25, 0.3) is 0 Å². The van der Waals surface area contributed by atoms with E-state index in [4.69, 9.17) is 4.42 Å². The minimum Gasteiger partial charge on any atom is -0.466 e. The maximum atomic E-state index is 12.2. The van der Waals surface area contributed by atoms with Crippen molar-refractivity contribution >= 4 is 21.8 Å². The van der Waals surface area contributed by atoms with Crippen LogP contribution in [0, 0.1) is 20.8 Å². The molecule has 1 aromatic carbocycles. The summed E-state index contributed by atoms with van der Waals surface area (Å²) in [6.07, 6.45) is 0. The van der Waals surface area contributed by atoms with Crippen molar-refractivity contribution in [3.8, 4) is 0 Å². The Labute approximate surface area is 127 Å². The normalized spacial score (nSPS) is 10.6. The zero-order valence-corrected chi connectivity index (χ0v) is 13.5. The van der Waals surface area contributed by atoms with Gasteiger partial charge >= 0.3 is 0 Å². The molecule has 1 N–H and O–H groups in total. The van der Waals surface area contributed by atoms with E-state index in [1.165, 1.54) is 5.56 Å². The van der Waals surface area contributed by atoms with E-state index in [0.717, 1.165) is 22.2 Å². The number of benzene rings is 1. The molecule has 1 aromatic heterocycles. The highest BCUT2D eigenvalue weighted by Crippen LogP contribution is 2.20. The highest BCUT2D eigenvalue weighted by molar-refractivity contribution is 9.08. The summed E-state index contributed by atoms with van der Waals surface area (Å²) in [5.41, 5.74) is 3.87. The lowest BCUT2D eigenvalue weighted by Gasteiger charge is -2.06. The van der Waals surface area contributed by atoms with Gasteiger partial charge in [-0.25, -0.2) is 0 Å². The van der Waals surface area contributed by atoms with Gasteiger partial charge in [0, 0.05) is 17.4 Å². The third-order valence-electron chi connectivity index (χ3n) is 3.42. The van der Waals surface area contributed by atoms with Gasteiger partial charge < -0.3 is 9.73 Å². The molecule has 0 saturated heterocycles. The predicted octanol–water partition coefficient (Wildman–Crippen LogP) is 4.03. The fourth-order valence-corrected chi connectivity index (χ4v) is 2.52. The van der Waals surface area contributed by atoms with Crippen LogP contribution in [-0.2, 0) is 11.9 Å². The van der Waals surface area contributed by atoms with Gasteiger partial charge in [-0.3, -0.25) is 4.79 Å². The third-order valence-corrected chi connectivity index (χ3v) is 4.07. The number of carbonyl (C=O) groups is 1. The molecule has 0 spiro atoms. The molecule has 0 fully saturated rings. The minimum absolute atomic E-state index is 0.0820. The zero-order valence-electron chi connectivity index (χ0n) is 11.9. The van der Waals surface area contributed by atoms with Crippen molar-refractivity contribution in [1.82, 2.24) is 5.32 Å². The second-order valence-corrected chi connectivity index (χ2v) is 5.41. The molecule has 106 valence electrons. The zero-order chi connectivity index (χ0) is 14.7. The van der Waals surface area contributed by atoms with Crippen molar-refractivity contribution in [3.05, 3.63) is 58.0 Å². The summed E-state index contributed by atoms with van der Waals surface area (Å²) >= 11 is 3.41. The fraction of sp³-hybridized carbons (Fsp3) is 0.312. The molecule has 2 aromatic rings. The first-order valence-electron chi connectivity index (χ1n) is 6.51. The van der Waals surface area contributed by atoms with E-state index in [0.29, 0.717) is 17.9 Å². The van der Waals surface area contributed by atoms with Gasteiger partial charge in [0.15, 0.2) is 0 Å². The van der Waals surface area contributed by atoms with Crippen LogP contribution in [0.4, 0.5) is 0 Å². The van der Waals surface area contributed by atoms with E-state index in [2.05, 4.69) is 33.4 Å². The average Bonchev–Trinajstić information content (AvgIpc) is 2.70. The summed E-state index contributed by atoms with van der Waals surface area (Å²) in [7, 11) is 0. The van der Waals surface area contributed by atoms with E-state index in [1.807, 2.05) is 32.9 Å². The standard InChI is InChI=1S/C16H18BrNO2/c1-10-11(2)20-12(3)15(10)16(19)18-9-14-6-4-13(8-17)5-7-14/h4-7H,8-9H2,1-3H3,(H,18,19). The molecule has 3 nitrogen and oxygen atoms in total. The van der Waals surface area contributed by atoms with Crippen LogP contribution < -0.4 is 5.32 Å². The second kappa shape index (κ2) is 6.27. The Hall–Kier alpha value is -1.55. The molecule has 0 unspecified atom stereocenters. The van der Waals surface area contributed by atoms with Crippen molar-refractivity contribution in [2.45, 2.75) is 32.6 Å². The number of hydrogen-bond donors (Lipinski definition) is 1. The van der Waals surface area contributed by atoms with Crippen LogP contribution in [0.5, 0.6) is 0 Å². The Morgan fingerprint density at radius 3 is 2.20 bits per heavy atom. The van der Waals surface area contributed by atoms with Crippen molar-refractivity contribution in [1.29, 1.82) is 0 Å². The van der Waals surface area contributed by atoms with Gasteiger partial charge in [-0.15, -0.1) is 0 Å². The molecular formula is C16H18BrNO2. The molecule has 1 amide bonds. The lowest BCUT2D eigenvalue weighted by atomic mass is 10.1. The molecule has 2 rings (SSSR count). The van der Waals surface area contributed by atoms with E-state index >= 15 is 0 Å². The van der Waals surface area contributed by atoms with Gasteiger partial charge in [0.2, 0.25) is 0 Å². The Morgan fingerprint density at radius 1 is 1.10 bits per heavy atom. The first kappa shape index (κ1) is 14.9. The van der Waals surface area contributed by atoms with E-state index in [1.54, 1.807) is 0 Å². The first-order valence-corrected chi connectivity index (χ1v) is 7.63. The number of halogens is 1. The first-order chi connectivity index (χ1) is 9.52. The molecule has 0 bridgehead atoms. The molecule has 4 heteroatoms. The summed E-state index contributed by atoms with van der Waals surface area (Å²) in [5, 5.41) is 3.78. The smallest absolute Gasteiger partial charge is 0.255 e. The fourth-order valence-electron chi connectivity index (χ4n) is 2.14. The maximum Gasteiger partial charge on any atom is 0.255 e. The Morgan fingerprint density at radius 2 is 1.70 bits per heavy atom. The molecular weight excluding hydrogens is 318 g/mol. The number of hydrogen-bond acceptors (Lipinski definition) is 2. The van der Waals surface area contributed by atoms with Gasteiger partial charge in [-0.1, -0.05) is 40.2 Å². The van der Waals surface area contributed by atoms with Gasteiger partial charge in [-0.05, 0) is 31.9 Å². The van der Waals surface area contributed by atoms with Crippen LogP contribution in [-0.4, -0.2) is 5.91 Å². The van der Waals surface area contributed by atoms with Crippen molar-refractivity contribution < 1.29 is 9.21 Å². The van der Waals surface area contributed by atoms with Gasteiger partial charge in [0.1, 0.15) is 11.5 Å². The lowest BCUT2D eigenvalue weighted by Crippen LogP contribution is -2.23. The SMILES string of the molecule is Cc1oc(C)c(C(=O)NCc2ccc(CBr)cc2)c1C. The Kier molecular flexibility index (Phi) is 4.65. The van der Waals surface area contributed by atoms with Crippen LogP contribution in [0.1, 0.15) is 38.6 Å². The quantitative estimate of drug-likeness (QED) is 0.857. The second-order valence-electron chi connectivity index (χ2n) is 4.85. The topological polar surface area (TPSA) is 42.2 Å². The molecule has 0 aliphatic rings. The highest BCUT2D eigenvalue weighted by Gasteiger charge is 2.17. The van der Waals surface area contributed by atoms with Gasteiger partial charge in [-0.2, -0.15) is 0 Å². The Bertz CT molecular complexity index is 614.